The lowest BCUT2D eigenvalue weighted by Gasteiger charge is -2.15. The van der Waals surface area contributed by atoms with Gasteiger partial charge in [0.2, 0.25) is 0 Å². The molecule has 4 heteroatoms. The minimum Gasteiger partial charge on any atom is -0.496 e. The van der Waals surface area contributed by atoms with Gasteiger partial charge < -0.3 is 10.5 Å². The van der Waals surface area contributed by atoms with Crippen LogP contribution in [0.2, 0.25) is 0 Å². The van der Waals surface area contributed by atoms with Crippen molar-refractivity contribution in [3.05, 3.63) is 28.2 Å². The topological polar surface area (TPSA) is 52.3 Å². The van der Waals surface area contributed by atoms with E-state index in [4.69, 9.17) is 10.5 Å². The number of carbonyl (C=O) groups excluding carboxylic acids is 1. The van der Waals surface area contributed by atoms with Gasteiger partial charge in [0.25, 0.3) is 0 Å². The Kier molecular flexibility index (Phi) is 5.82. The molecule has 0 amide bonds. The molecule has 1 atom stereocenters. The number of ketones is 1. The number of rotatable bonds is 6. The molecule has 0 heterocycles. The van der Waals surface area contributed by atoms with Gasteiger partial charge in [-0.15, -0.1) is 0 Å². The number of ether oxygens (including phenoxy) is 1. The molecule has 1 rings (SSSR count). The van der Waals surface area contributed by atoms with Crippen molar-refractivity contribution in [1.82, 2.24) is 0 Å². The van der Waals surface area contributed by atoms with Crippen LogP contribution in [0.3, 0.4) is 0 Å². The zero-order valence-electron chi connectivity index (χ0n) is 11.1. The Morgan fingerprint density at radius 1 is 1.44 bits per heavy atom. The number of Topliss-reactive ketones (excluding diaryl/α,β-unsaturated/α-hetero) is 1. The average Bonchev–Trinajstić information content (AvgIpc) is 2.28. The molecule has 0 saturated heterocycles. The predicted molar refractivity (Wildman–Crippen MR) is 76.8 cm³/mol. The highest BCUT2D eigenvalue weighted by molar-refractivity contribution is 9.10. The first-order valence-electron chi connectivity index (χ1n) is 6.03. The molecule has 100 valence electrons. The summed E-state index contributed by atoms with van der Waals surface area (Å²) in [6, 6.07) is 5.59. The average molecular weight is 314 g/mol. The van der Waals surface area contributed by atoms with E-state index in [9.17, 15) is 4.79 Å². The molecule has 1 aromatic rings. The smallest absolute Gasteiger partial charge is 0.138 e. The first kappa shape index (κ1) is 15.2. The maximum absolute atomic E-state index is 12.0. The van der Waals surface area contributed by atoms with E-state index in [0.29, 0.717) is 18.8 Å². The number of nitrogens with two attached hydrogens (primary N) is 1. The molecule has 0 aromatic heterocycles. The molecule has 0 aliphatic carbocycles. The number of benzene rings is 1. The van der Waals surface area contributed by atoms with Gasteiger partial charge >= 0.3 is 0 Å². The number of carbonyl (C=O) groups is 1. The van der Waals surface area contributed by atoms with Crippen molar-refractivity contribution < 1.29 is 9.53 Å². The molecule has 0 saturated carbocycles. The largest absolute Gasteiger partial charge is 0.496 e. The van der Waals surface area contributed by atoms with Crippen LogP contribution in [0.5, 0.6) is 5.75 Å². The normalized spacial score (nSPS) is 12.6. The summed E-state index contributed by atoms with van der Waals surface area (Å²) in [7, 11) is 1.61. The summed E-state index contributed by atoms with van der Waals surface area (Å²) in [6.45, 7) is 4.05. The standard InChI is InChI=1S/C14H20BrNO2/c1-9(2)13(16)8-12(17)7-10-6-11(15)4-5-14(10)18-3/h4-6,9,13H,7-8,16H2,1-3H3. The Morgan fingerprint density at radius 3 is 2.67 bits per heavy atom. The van der Waals surface area contributed by atoms with Crippen molar-refractivity contribution in [2.45, 2.75) is 32.7 Å². The van der Waals surface area contributed by atoms with Crippen molar-refractivity contribution in [2.24, 2.45) is 11.7 Å². The molecule has 0 aliphatic rings. The highest BCUT2D eigenvalue weighted by atomic mass is 79.9. The third-order valence-corrected chi connectivity index (χ3v) is 3.44. The third-order valence-electron chi connectivity index (χ3n) is 2.95. The van der Waals surface area contributed by atoms with Gasteiger partial charge in [-0.05, 0) is 24.1 Å². The molecule has 0 radical (unpaired) electrons. The van der Waals surface area contributed by atoms with Crippen molar-refractivity contribution in [3.8, 4) is 5.75 Å². The first-order valence-corrected chi connectivity index (χ1v) is 6.83. The van der Waals surface area contributed by atoms with Gasteiger partial charge in [0.05, 0.1) is 7.11 Å². The number of hydrogen-bond acceptors (Lipinski definition) is 3. The molecular formula is C14H20BrNO2. The molecule has 0 bridgehead atoms. The Bertz CT molecular complexity index is 418. The maximum Gasteiger partial charge on any atom is 0.138 e. The van der Waals surface area contributed by atoms with Gasteiger partial charge in [-0.1, -0.05) is 29.8 Å². The Hall–Kier alpha value is -0.870. The fraction of sp³-hybridized carbons (Fsp3) is 0.500. The highest BCUT2D eigenvalue weighted by Crippen LogP contribution is 2.24. The van der Waals surface area contributed by atoms with Crippen molar-refractivity contribution in [3.63, 3.8) is 0 Å². The van der Waals surface area contributed by atoms with Crippen LogP contribution in [0.15, 0.2) is 22.7 Å². The molecule has 1 aromatic carbocycles. The zero-order valence-corrected chi connectivity index (χ0v) is 12.7. The zero-order chi connectivity index (χ0) is 13.7. The molecule has 0 aliphatic heterocycles. The number of halogens is 1. The second kappa shape index (κ2) is 6.90. The fourth-order valence-electron chi connectivity index (χ4n) is 1.67. The van der Waals surface area contributed by atoms with Gasteiger partial charge in [0, 0.05) is 28.9 Å². The quantitative estimate of drug-likeness (QED) is 0.878. The van der Waals surface area contributed by atoms with E-state index < -0.39 is 0 Å². The van der Waals surface area contributed by atoms with E-state index in [2.05, 4.69) is 15.9 Å². The molecule has 2 N–H and O–H groups in total. The van der Waals surface area contributed by atoms with Gasteiger partial charge in [-0.25, -0.2) is 0 Å². The maximum atomic E-state index is 12.0. The number of hydrogen-bond donors (Lipinski definition) is 1. The van der Waals surface area contributed by atoms with E-state index >= 15 is 0 Å². The number of methoxy groups -OCH3 is 1. The Morgan fingerprint density at radius 2 is 2.11 bits per heavy atom. The van der Waals surface area contributed by atoms with Gasteiger partial charge in [-0.3, -0.25) is 4.79 Å². The van der Waals surface area contributed by atoms with Gasteiger partial charge in [0.1, 0.15) is 11.5 Å². The molecule has 1 unspecified atom stereocenters. The van der Waals surface area contributed by atoms with Crippen LogP contribution in [0, 0.1) is 5.92 Å². The van der Waals surface area contributed by atoms with E-state index in [0.717, 1.165) is 15.8 Å². The van der Waals surface area contributed by atoms with Crippen LogP contribution in [0.1, 0.15) is 25.8 Å². The third kappa shape index (κ3) is 4.42. The van der Waals surface area contributed by atoms with E-state index in [1.807, 2.05) is 32.0 Å². The van der Waals surface area contributed by atoms with Crippen molar-refractivity contribution >= 4 is 21.7 Å². The molecular weight excluding hydrogens is 294 g/mol. The van der Waals surface area contributed by atoms with E-state index in [1.54, 1.807) is 7.11 Å². The second-order valence-corrected chi connectivity index (χ2v) is 5.70. The Labute approximate surface area is 117 Å². The van der Waals surface area contributed by atoms with Crippen molar-refractivity contribution in [2.75, 3.05) is 7.11 Å². The van der Waals surface area contributed by atoms with Crippen LogP contribution in [0.25, 0.3) is 0 Å². The lowest BCUT2D eigenvalue weighted by molar-refractivity contribution is -0.119. The van der Waals surface area contributed by atoms with Crippen molar-refractivity contribution in [1.29, 1.82) is 0 Å². The van der Waals surface area contributed by atoms with Gasteiger partial charge in [-0.2, -0.15) is 0 Å². The summed E-state index contributed by atoms with van der Waals surface area (Å²) in [6.07, 6.45) is 0.774. The summed E-state index contributed by atoms with van der Waals surface area (Å²) < 4.78 is 6.19. The molecule has 0 spiro atoms. The monoisotopic (exact) mass is 313 g/mol. The van der Waals surface area contributed by atoms with E-state index in [-0.39, 0.29) is 11.8 Å². The first-order chi connectivity index (χ1) is 8.43. The lowest BCUT2D eigenvalue weighted by Crippen LogP contribution is -2.29. The summed E-state index contributed by atoms with van der Waals surface area (Å²) >= 11 is 3.40. The van der Waals surface area contributed by atoms with Crippen LogP contribution in [0.4, 0.5) is 0 Å². The molecule has 3 nitrogen and oxygen atoms in total. The Balaban J connectivity index is 2.72. The molecule has 0 fully saturated rings. The van der Waals surface area contributed by atoms with Gasteiger partial charge in [0.15, 0.2) is 0 Å². The van der Waals surface area contributed by atoms with Crippen LogP contribution in [-0.4, -0.2) is 18.9 Å². The summed E-state index contributed by atoms with van der Waals surface area (Å²) in [4.78, 5) is 12.0. The van der Waals surface area contributed by atoms with Crippen LogP contribution >= 0.6 is 15.9 Å². The molecule has 18 heavy (non-hydrogen) atoms. The fourth-order valence-corrected chi connectivity index (χ4v) is 2.08. The predicted octanol–water partition coefficient (Wildman–Crippen LogP) is 2.94. The minimum absolute atomic E-state index is 0.0735. The van der Waals surface area contributed by atoms with Crippen LogP contribution < -0.4 is 10.5 Å². The second-order valence-electron chi connectivity index (χ2n) is 4.78. The SMILES string of the molecule is COc1ccc(Br)cc1CC(=O)CC(N)C(C)C. The van der Waals surface area contributed by atoms with Crippen LogP contribution in [-0.2, 0) is 11.2 Å². The summed E-state index contributed by atoms with van der Waals surface area (Å²) in [5.74, 6) is 1.20. The minimum atomic E-state index is -0.0735. The summed E-state index contributed by atoms with van der Waals surface area (Å²) in [5.41, 5.74) is 6.81. The lowest BCUT2D eigenvalue weighted by atomic mass is 9.96. The highest BCUT2D eigenvalue weighted by Gasteiger charge is 2.15. The summed E-state index contributed by atoms with van der Waals surface area (Å²) in [5, 5.41) is 0. The van der Waals surface area contributed by atoms with E-state index in [1.165, 1.54) is 0 Å².